The van der Waals surface area contributed by atoms with Crippen molar-refractivity contribution in [2.45, 2.75) is 17.4 Å². The van der Waals surface area contributed by atoms with Crippen molar-refractivity contribution in [2.75, 3.05) is 13.1 Å². The third kappa shape index (κ3) is 2.30. The van der Waals surface area contributed by atoms with Gasteiger partial charge in [0.25, 0.3) is 0 Å². The summed E-state index contributed by atoms with van der Waals surface area (Å²) in [7, 11) is -3.88. The van der Waals surface area contributed by atoms with Gasteiger partial charge < -0.3 is 5.11 Å². The van der Waals surface area contributed by atoms with Crippen LogP contribution in [0.3, 0.4) is 0 Å². The summed E-state index contributed by atoms with van der Waals surface area (Å²) < 4.78 is 38.5. The Labute approximate surface area is 104 Å². The molecule has 17 heavy (non-hydrogen) atoms. The molecule has 1 aliphatic rings. The van der Waals surface area contributed by atoms with Gasteiger partial charge in [-0.2, -0.15) is 4.31 Å². The Kier molecular flexibility index (Phi) is 2.94. The number of benzene rings is 1. The maximum Gasteiger partial charge on any atom is 0.246 e. The van der Waals surface area contributed by atoms with Crippen LogP contribution in [0.4, 0.5) is 4.39 Å². The van der Waals surface area contributed by atoms with Gasteiger partial charge >= 0.3 is 0 Å². The summed E-state index contributed by atoms with van der Waals surface area (Å²) in [5.74, 6) is -0.885. The first-order valence-corrected chi connectivity index (χ1v) is 6.72. The summed E-state index contributed by atoms with van der Waals surface area (Å²) in [4.78, 5) is -0.419. The minimum absolute atomic E-state index is 0.0304. The summed E-state index contributed by atoms with van der Waals surface area (Å²) in [5, 5.41) is 9.62. The number of sulfonamides is 1. The Morgan fingerprint density at radius 1 is 1.47 bits per heavy atom. The highest BCUT2D eigenvalue weighted by Crippen LogP contribution is 2.29. The minimum Gasteiger partial charge on any atom is -0.387 e. The molecule has 0 saturated carbocycles. The van der Waals surface area contributed by atoms with Crippen LogP contribution in [-0.4, -0.2) is 36.5 Å². The Bertz CT molecular complexity index is 551. The highest BCUT2D eigenvalue weighted by atomic mass is 35.5. The third-order valence-corrected chi connectivity index (χ3v) is 4.61. The molecule has 0 bridgehead atoms. The second-order valence-corrected chi connectivity index (χ2v) is 6.69. The molecule has 0 amide bonds. The normalized spacial score (nSPS) is 20.0. The first kappa shape index (κ1) is 12.8. The molecule has 1 saturated heterocycles. The standard InChI is InChI=1S/C10H11ClFNO3S/c1-10(14)5-13(6-10)17(15,16)9-3-2-7(11)4-8(9)12/h2-4,14H,5-6H2,1H3. The SMILES string of the molecule is CC1(O)CN(S(=O)(=O)c2ccc(Cl)cc2F)C1. The van der Waals surface area contributed by atoms with E-state index in [4.69, 9.17) is 11.6 Å². The molecule has 0 radical (unpaired) electrons. The molecule has 4 nitrogen and oxygen atoms in total. The van der Waals surface area contributed by atoms with Crippen molar-refractivity contribution in [3.63, 3.8) is 0 Å². The van der Waals surface area contributed by atoms with E-state index in [2.05, 4.69) is 0 Å². The largest absolute Gasteiger partial charge is 0.387 e. The number of nitrogens with zero attached hydrogens (tertiary/aromatic N) is 1. The fourth-order valence-electron chi connectivity index (χ4n) is 1.71. The van der Waals surface area contributed by atoms with Gasteiger partial charge in [-0.05, 0) is 25.1 Å². The first-order chi connectivity index (χ1) is 7.72. The highest BCUT2D eigenvalue weighted by Gasteiger charge is 2.44. The summed E-state index contributed by atoms with van der Waals surface area (Å²) >= 11 is 5.55. The molecule has 1 aromatic carbocycles. The van der Waals surface area contributed by atoms with Crippen LogP contribution in [0.5, 0.6) is 0 Å². The maximum atomic E-state index is 13.5. The molecule has 0 aliphatic carbocycles. The van der Waals surface area contributed by atoms with E-state index < -0.39 is 26.3 Å². The van der Waals surface area contributed by atoms with Gasteiger partial charge in [0, 0.05) is 18.1 Å². The predicted octanol–water partition coefficient (Wildman–Crippen LogP) is 1.23. The summed E-state index contributed by atoms with van der Waals surface area (Å²) in [6.45, 7) is 1.46. The lowest BCUT2D eigenvalue weighted by Crippen LogP contribution is -2.61. The minimum atomic E-state index is -3.88. The molecule has 0 atom stereocenters. The van der Waals surface area contributed by atoms with Crippen molar-refractivity contribution in [1.29, 1.82) is 0 Å². The van der Waals surface area contributed by atoms with Gasteiger partial charge in [0.15, 0.2) is 0 Å². The van der Waals surface area contributed by atoms with Crippen molar-refractivity contribution in [1.82, 2.24) is 4.31 Å². The van der Waals surface area contributed by atoms with Crippen LogP contribution in [0.1, 0.15) is 6.92 Å². The van der Waals surface area contributed by atoms with Gasteiger partial charge in [0.2, 0.25) is 10.0 Å². The van der Waals surface area contributed by atoms with E-state index in [0.717, 1.165) is 16.4 Å². The van der Waals surface area contributed by atoms with Gasteiger partial charge in [-0.25, -0.2) is 12.8 Å². The smallest absolute Gasteiger partial charge is 0.246 e. The summed E-state index contributed by atoms with van der Waals surface area (Å²) in [6, 6.07) is 3.39. The van der Waals surface area contributed by atoms with E-state index in [1.807, 2.05) is 0 Å². The lowest BCUT2D eigenvalue weighted by molar-refractivity contribution is -0.0427. The average Bonchev–Trinajstić information content (AvgIpc) is 2.13. The van der Waals surface area contributed by atoms with Crippen LogP contribution in [0.2, 0.25) is 5.02 Å². The fourth-order valence-corrected chi connectivity index (χ4v) is 3.59. The Morgan fingerprint density at radius 3 is 2.53 bits per heavy atom. The molecular weight excluding hydrogens is 269 g/mol. The molecule has 0 spiro atoms. The molecule has 1 aromatic rings. The van der Waals surface area contributed by atoms with Gasteiger partial charge in [-0.15, -0.1) is 0 Å². The van der Waals surface area contributed by atoms with Crippen LogP contribution in [0.15, 0.2) is 23.1 Å². The molecule has 2 rings (SSSR count). The second-order valence-electron chi connectivity index (χ2n) is 4.34. The molecule has 1 N–H and O–H groups in total. The van der Waals surface area contributed by atoms with E-state index in [-0.39, 0.29) is 18.1 Å². The van der Waals surface area contributed by atoms with Crippen LogP contribution in [-0.2, 0) is 10.0 Å². The number of hydrogen-bond acceptors (Lipinski definition) is 3. The van der Waals surface area contributed by atoms with Crippen molar-refractivity contribution < 1.29 is 17.9 Å². The zero-order valence-electron chi connectivity index (χ0n) is 9.02. The second kappa shape index (κ2) is 3.91. The molecular formula is C10H11ClFNO3S. The highest BCUT2D eigenvalue weighted by molar-refractivity contribution is 7.89. The van der Waals surface area contributed by atoms with E-state index in [0.29, 0.717) is 0 Å². The maximum absolute atomic E-state index is 13.5. The zero-order chi connectivity index (χ0) is 12.8. The van der Waals surface area contributed by atoms with Crippen molar-refractivity contribution in [3.8, 4) is 0 Å². The number of hydrogen-bond donors (Lipinski definition) is 1. The van der Waals surface area contributed by atoms with E-state index in [1.54, 1.807) is 0 Å². The summed E-state index contributed by atoms with van der Waals surface area (Å²) in [6.07, 6.45) is 0. The van der Waals surface area contributed by atoms with Crippen LogP contribution in [0.25, 0.3) is 0 Å². The van der Waals surface area contributed by atoms with Crippen LogP contribution < -0.4 is 0 Å². The van der Waals surface area contributed by atoms with E-state index >= 15 is 0 Å². The van der Waals surface area contributed by atoms with Crippen molar-refractivity contribution >= 4 is 21.6 Å². The molecule has 0 aromatic heterocycles. The zero-order valence-corrected chi connectivity index (χ0v) is 10.6. The molecule has 1 heterocycles. The Balaban J connectivity index is 2.34. The first-order valence-electron chi connectivity index (χ1n) is 4.90. The van der Waals surface area contributed by atoms with Crippen LogP contribution in [0, 0.1) is 5.82 Å². The topological polar surface area (TPSA) is 57.6 Å². The number of halogens is 2. The number of rotatable bonds is 2. The monoisotopic (exact) mass is 279 g/mol. The predicted molar refractivity (Wildman–Crippen MR) is 60.8 cm³/mol. The fraction of sp³-hybridized carbons (Fsp3) is 0.400. The quantitative estimate of drug-likeness (QED) is 0.886. The molecule has 1 fully saturated rings. The Hall–Kier alpha value is -0.690. The lowest BCUT2D eigenvalue weighted by atomic mass is 10.0. The van der Waals surface area contributed by atoms with E-state index in [9.17, 15) is 17.9 Å². The molecule has 0 unspecified atom stereocenters. The molecule has 7 heteroatoms. The van der Waals surface area contributed by atoms with Gasteiger partial charge in [-0.3, -0.25) is 0 Å². The van der Waals surface area contributed by atoms with Crippen LogP contribution >= 0.6 is 11.6 Å². The Morgan fingerprint density at radius 2 is 2.06 bits per heavy atom. The average molecular weight is 280 g/mol. The lowest BCUT2D eigenvalue weighted by Gasteiger charge is -2.42. The number of aliphatic hydroxyl groups is 1. The molecule has 94 valence electrons. The van der Waals surface area contributed by atoms with Crippen molar-refractivity contribution in [3.05, 3.63) is 29.0 Å². The molecule has 1 aliphatic heterocycles. The number of β-amino-alcohol motifs (C(OH)–C–C–N with tert-alkyl or cyclic N) is 1. The van der Waals surface area contributed by atoms with Crippen molar-refractivity contribution in [2.24, 2.45) is 0 Å². The third-order valence-electron chi connectivity index (χ3n) is 2.55. The van der Waals surface area contributed by atoms with E-state index in [1.165, 1.54) is 13.0 Å². The van der Waals surface area contributed by atoms with Gasteiger partial charge in [0.1, 0.15) is 10.7 Å². The van der Waals surface area contributed by atoms with Gasteiger partial charge in [0.05, 0.1) is 5.60 Å². The summed E-state index contributed by atoms with van der Waals surface area (Å²) in [5.41, 5.74) is -1.03. The van der Waals surface area contributed by atoms with Gasteiger partial charge in [-0.1, -0.05) is 11.6 Å².